The molecule has 1 fully saturated rings. The highest BCUT2D eigenvalue weighted by atomic mass is 19.1. The van der Waals surface area contributed by atoms with Crippen LogP contribution in [0.5, 0.6) is 0 Å². The Morgan fingerprint density at radius 3 is 2.71 bits per heavy atom. The molecular formula is C33H45FN6O2. The second kappa shape index (κ2) is 15.9. The fourth-order valence-electron chi connectivity index (χ4n) is 5.05. The summed E-state index contributed by atoms with van der Waals surface area (Å²) in [5.41, 5.74) is 5.16. The standard InChI is InChI=1S/C33H45FN6O2/c1-7-17-40(6)32(24(4)38-20-23(3)26-10-13-30(35-5)29(34)19-26)39-27-11-12-28(22(2)18-27)33(42)37-16-14-25-9-8-15-36-21-31(25)41/h7,10-13,17-20,25,32,35-36,39H,8-9,14-16,21H2,1-6H3,(H,37,42)/b17-7-,23-20+,38-24+. The number of aliphatic imine (C=N–C) groups is 1. The fraction of sp³-hybridized carbons (Fsp3) is 0.424. The molecule has 1 saturated heterocycles. The summed E-state index contributed by atoms with van der Waals surface area (Å²) in [6.07, 6.45) is 7.90. The average Bonchev–Trinajstić information content (AvgIpc) is 3.18. The quantitative estimate of drug-likeness (QED) is 0.194. The number of halogens is 1. The van der Waals surface area contributed by atoms with E-state index in [1.807, 2.05) is 76.2 Å². The van der Waals surface area contributed by atoms with E-state index in [9.17, 15) is 14.0 Å². The third-order valence-corrected chi connectivity index (χ3v) is 7.56. The Morgan fingerprint density at radius 1 is 1.24 bits per heavy atom. The number of aryl methyl sites for hydroxylation is 1. The molecule has 2 atom stereocenters. The van der Waals surface area contributed by atoms with Crippen LogP contribution in [-0.2, 0) is 4.79 Å². The molecule has 0 saturated carbocycles. The lowest BCUT2D eigenvalue weighted by molar-refractivity contribution is -0.121. The number of nitrogens with one attached hydrogen (secondary N) is 4. The number of amides is 1. The van der Waals surface area contributed by atoms with Gasteiger partial charge in [-0.2, -0.15) is 0 Å². The summed E-state index contributed by atoms with van der Waals surface area (Å²) in [5, 5.41) is 12.5. The van der Waals surface area contributed by atoms with Gasteiger partial charge < -0.3 is 26.2 Å². The fourth-order valence-corrected chi connectivity index (χ4v) is 5.05. The van der Waals surface area contributed by atoms with Crippen molar-refractivity contribution in [2.45, 2.75) is 53.1 Å². The van der Waals surface area contributed by atoms with Gasteiger partial charge in [0.2, 0.25) is 0 Å². The summed E-state index contributed by atoms with van der Waals surface area (Å²) in [6, 6.07) is 10.7. The minimum Gasteiger partial charge on any atom is -0.386 e. The first-order chi connectivity index (χ1) is 20.1. The molecule has 2 aromatic rings. The van der Waals surface area contributed by atoms with Gasteiger partial charge >= 0.3 is 0 Å². The summed E-state index contributed by atoms with van der Waals surface area (Å²) in [4.78, 5) is 31.9. The highest BCUT2D eigenvalue weighted by Crippen LogP contribution is 2.22. The number of hydrogen-bond acceptors (Lipinski definition) is 7. The highest BCUT2D eigenvalue weighted by Gasteiger charge is 2.21. The number of Topliss-reactive ketones (excluding diaryl/α,β-unsaturated/α-hetero) is 1. The molecule has 2 unspecified atom stereocenters. The lowest BCUT2D eigenvalue weighted by Gasteiger charge is -2.29. The van der Waals surface area contributed by atoms with Crippen molar-refractivity contribution in [1.29, 1.82) is 0 Å². The van der Waals surface area contributed by atoms with Crippen LogP contribution in [-0.4, -0.2) is 62.2 Å². The van der Waals surface area contributed by atoms with E-state index in [4.69, 9.17) is 4.99 Å². The molecule has 0 aliphatic carbocycles. The number of ketones is 1. The van der Waals surface area contributed by atoms with E-state index >= 15 is 0 Å². The maximum atomic E-state index is 14.3. The Labute approximate surface area is 249 Å². The lowest BCUT2D eigenvalue weighted by Crippen LogP contribution is -2.40. The van der Waals surface area contributed by atoms with E-state index in [1.165, 1.54) is 6.07 Å². The second-order valence-electron chi connectivity index (χ2n) is 10.8. The second-order valence-corrected chi connectivity index (χ2v) is 10.8. The number of rotatable bonds is 12. The normalized spacial score (nSPS) is 17.1. The smallest absolute Gasteiger partial charge is 0.251 e. The molecule has 42 heavy (non-hydrogen) atoms. The molecule has 226 valence electrons. The van der Waals surface area contributed by atoms with E-state index in [2.05, 4.69) is 21.3 Å². The summed E-state index contributed by atoms with van der Waals surface area (Å²) in [7, 11) is 3.65. The van der Waals surface area contributed by atoms with Gasteiger partial charge in [0.25, 0.3) is 5.91 Å². The molecule has 1 amide bonds. The number of allylic oxidation sites excluding steroid dienone is 2. The first-order valence-electron chi connectivity index (χ1n) is 14.6. The van der Waals surface area contributed by atoms with Crippen LogP contribution in [0.15, 0.2) is 59.9 Å². The van der Waals surface area contributed by atoms with E-state index < -0.39 is 0 Å². The predicted molar refractivity (Wildman–Crippen MR) is 171 cm³/mol. The van der Waals surface area contributed by atoms with Crippen molar-refractivity contribution in [1.82, 2.24) is 15.5 Å². The van der Waals surface area contributed by atoms with Crippen molar-refractivity contribution in [2.75, 3.05) is 44.4 Å². The van der Waals surface area contributed by atoms with Crippen molar-refractivity contribution in [3.8, 4) is 0 Å². The van der Waals surface area contributed by atoms with Crippen molar-refractivity contribution in [3.63, 3.8) is 0 Å². The zero-order chi connectivity index (χ0) is 30.6. The Hall–Kier alpha value is -3.98. The Kier molecular flexibility index (Phi) is 12.3. The van der Waals surface area contributed by atoms with Crippen LogP contribution >= 0.6 is 0 Å². The third kappa shape index (κ3) is 9.01. The molecule has 1 heterocycles. The minimum absolute atomic E-state index is 0.00248. The van der Waals surface area contributed by atoms with Crippen LogP contribution in [0.4, 0.5) is 15.8 Å². The van der Waals surface area contributed by atoms with Crippen LogP contribution in [0.3, 0.4) is 0 Å². The van der Waals surface area contributed by atoms with E-state index in [0.29, 0.717) is 30.8 Å². The number of carbonyl (C=O) groups excluding carboxylic acids is 2. The first kappa shape index (κ1) is 32.5. The maximum absolute atomic E-state index is 14.3. The number of carbonyl (C=O) groups is 2. The molecule has 8 nitrogen and oxygen atoms in total. The van der Waals surface area contributed by atoms with Crippen molar-refractivity contribution >= 4 is 34.3 Å². The van der Waals surface area contributed by atoms with Gasteiger partial charge in [-0.15, -0.1) is 0 Å². The van der Waals surface area contributed by atoms with Crippen molar-refractivity contribution in [3.05, 3.63) is 77.4 Å². The number of benzene rings is 2. The Balaban J connectivity index is 1.70. The molecule has 0 radical (unpaired) electrons. The SMILES string of the molecule is C/C=C\N(C)C(Nc1ccc(C(=O)NCCC2CCCNCC2=O)c(C)c1)/C(C)=N/C=C(\C)c1ccc(NC)c(F)c1. The Morgan fingerprint density at radius 2 is 2.02 bits per heavy atom. The van der Waals surface area contributed by atoms with Crippen molar-refractivity contribution < 1.29 is 14.0 Å². The Bertz CT molecular complexity index is 1340. The van der Waals surface area contributed by atoms with Crippen LogP contribution < -0.4 is 21.3 Å². The molecule has 0 aromatic heterocycles. The first-order valence-corrected chi connectivity index (χ1v) is 14.6. The van der Waals surface area contributed by atoms with Crippen LogP contribution in [0.1, 0.15) is 61.5 Å². The largest absolute Gasteiger partial charge is 0.386 e. The highest BCUT2D eigenvalue weighted by molar-refractivity contribution is 5.96. The molecule has 3 rings (SSSR count). The third-order valence-electron chi connectivity index (χ3n) is 7.56. The van der Waals surface area contributed by atoms with Gasteiger partial charge in [-0.05, 0) is 107 Å². The zero-order valence-electron chi connectivity index (χ0n) is 25.7. The predicted octanol–water partition coefficient (Wildman–Crippen LogP) is 5.59. The topological polar surface area (TPSA) is 97.9 Å². The molecule has 4 N–H and O–H groups in total. The average molecular weight is 577 g/mol. The molecule has 0 spiro atoms. The summed E-state index contributed by atoms with van der Waals surface area (Å²) >= 11 is 0. The lowest BCUT2D eigenvalue weighted by atomic mass is 9.96. The minimum atomic E-state index is -0.310. The van der Waals surface area contributed by atoms with Gasteiger partial charge in [-0.25, -0.2) is 4.39 Å². The molecule has 9 heteroatoms. The van der Waals surface area contributed by atoms with Crippen LogP contribution in [0.2, 0.25) is 0 Å². The van der Waals surface area contributed by atoms with E-state index in [0.717, 1.165) is 47.5 Å². The van der Waals surface area contributed by atoms with Gasteiger partial charge in [-0.3, -0.25) is 14.6 Å². The summed E-state index contributed by atoms with van der Waals surface area (Å²) < 4.78 is 14.3. The van der Waals surface area contributed by atoms with Crippen LogP contribution in [0, 0.1) is 18.7 Å². The van der Waals surface area contributed by atoms with Crippen LogP contribution in [0.25, 0.3) is 5.57 Å². The monoisotopic (exact) mass is 576 g/mol. The van der Waals surface area contributed by atoms with Gasteiger partial charge in [0.15, 0.2) is 0 Å². The molecule has 0 bridgehead atoms. The molecule has 2 aromatic carbocycles. The summed E-state index contributed by atoms with van der Waals surface area (Å²) in [6.45, 7) is 9.47. The van der Waals surface area contributed by atoms with E-state index in [-0.39, 0.29) is 29.6 Å². The van der Waals surface area contributed by atoms with Gasteiger partial charge in [0.1, 0.15) is 17.8 Å². The van der Waals surface area contributed by atoms with Gasteiger partial charge in [0.05, 0.1) is 17.9 Å². The van der Waals surface area contributed by atoms with Gasteiger partial charge in [0, 0.05) is 44.0 Å². The molecule has 1 aliphatic rings. The molecule has 1 aliphatic heterocycles. The number of anilines is 2. The maximum Gasteiger partial charge on any atom is 0.251 e. The number of nitrogens with zero attached hydrogens (tertiary/aromatic N) is 2. The zero-order valence-corrected chi connectivity index (χ0v) is 25.7. The number of hydrogen-bond donors (Lipinski definition) is 4. The van der Waals surface area contributed by atoms with E-state index in [1.54, 1.807) is 19.3 Å². The summed E-state index contributed by atoms with van der Waals surface area (Å²) in [5.74, 6) is -0.219. The van der Waals surface area contributed by atoms with Gasteiger partial charge in [-0.1, -0.05) is 12.1 Å². The molecular weight excluding hydrogens is 531 g/mol. The van der Waals surface area contributed by atoms with Crippen molar-refractivity contribution in [2.24, 2.45) is 10.9 Å².